The monoisotopic (exact) mass is 458 g/mol. The molecule has 0 radical (unpaired) electrons. The Morgan fingerprint density at radius 3 is 2.28 bits per heavy atom. The van der Waals surface area contributed by atoms with Gasteiger partial charge < -0.3 is 9.47 Å². The van der Waals surface area contributed by atoms with Gasteiger partial charge in [0.1, 0.15) is 5.57 Å². The third-order valence-electron chi connectivity index (χ3n) is 4.06. The highest BCUT2D eigenvalue weighted by Gasteiger charge is 2.36. The maximum absolute atomic E-state index is 12.9. The molecule has 3 rings (SSSR count). The molecule has 7 nitrogen and oxygen atoms in total. The van der Waals surface area contributed by atoms with E-state index in [1.165, 1.54) is 6.08 Å². The summed E-state index contributed by atoms with van der Waals surface area (Å²) >= 11 is 3.31. The highest BCUT2D eigenvalue weighted by molar-refractivity contribution is 9.10. The number of nitrogens with one attached hydrogen (secondary N) is 1. The lowest BCUT2D eigenvalue weighted by molar-refractivity contribution is -0.122. The largest absolute Gasteiger partial charge is 0.490 e. The van der Waals surface area contributed by atoms with Crippen LogP contribution in [0.2, 0.25) is 0 Å². The van der Waals surface area contributed by atoms with Crippen molar-refractivity contribution in [1.82, 2.24) is 5.32 Å². The molecule has 29 heavy (non-hydrogen) atoms. The fraction of sp³-hybridized carbons (Fsp3) is 0.190. The summed E-state index contributed by atoms with van der Waals surface area (Å²) in [5, 5.41) is 2.21. The molecular weight excluding hydrogens is 440 g/mol. The number of carbonyl (C=O) groups is 3. The number of barbiturate groups is 1. The Kier molecular flexibility index (Phi) is 6.33. The van der Waals surface area contributed by atoms with Gasteiger partial charge >= 0.3 is 6.03 Å². The van der Waals surface area contributed by atoms with Crippen LogP contribution in [0.5, 0.6) is 11.5 Å². The number of imide groups is 2. The maximum Gasteiger partial charge on any atom is 0.335 e. The predicted molar refractivity (Wildman–Crippen MR) is 112 cm³/mol. The fourth-order valence-electron chi connectivity index (χ4n) is 2.81. The average Bonchev–Trinajstić information content (AvgIpc) is 2.69. The number of rotatable bonds is 6. The van der Waals surface area contributed by atoms with E-state index in [0.29, 0.717) is 36.0 Å². The summed E-state index contributed by atoms with van der Waals surface area (Å²) < 4.78 is 11.9. The van der Waals surface area contributed by atoms with Crippen LogP contribution < -0.4 is 19.7 Å². The molecule has 0 bridgehead atoms. The van der Waals surface area contributed by atoms with Gasteiger partial charge in [0, 0.05) is 4.47 Å². The molecule has 1 fully saturated rings. The van der Waals surface area contributed by atoms with Crippen LogP contribution in [0.15, 0.2) is 52.5 Å². The minimum absolute atomic E-state index is 0.154. The fourth-order valence-corrected chi connectivity index (χ4v) is 3.07. The molecule has 150 valence electrons. The quantitative estimate of drug-likeness (QED) is 0.523. The predicted octanol–water partition coefficient (Wildman–Crippen LogP) is 3.91. The van der Waals surface area contributed by atoms with E-state index in [-0.39, 0.29) is 5.57 Å². The molecule has 8 heteroatoms. The Balaban J connectivity index is 1.98. The zero-order chi connectivity index (χ0) is 21.0. The van der Waals surface area contributed by atoms with Crippen molar-refractivity contribution >= 4 is 45.5 Å². The second-order valence-corrected chi connectivity index (χ2v) is 6.92. The van der Waals surface area contributed by atoms with Crippen LogP contribution in [0, 0.1) is 0 Å². The second kappa shape index (κ2) is 8.91. The van der Waals surface area contributed by atoms with Crippen LogP contribution in [0.4, 0.5) is 10.5 Å². The Morgan fingerprint density at radius 1 is 0.966 bits per heavy atom. The molecular formula is C21H19BrN2O5. The lowest BCUT2D eigenvalue weighted by atomic mass is 10.1. The van der Waals surface area contributed by atoms with E-state index < -0.39 is 17.8 Å². The number of anilines is 1. The summed E-state index contributed by atoms with van der Waals surface area (Å²) in [4.78, 5) is 38.4. The normalized spacial score (nSPS) is 15.5. The molecule has 0 aliphatic carbocycles. The molecule has 0 atom stereocenters. The third kappa shape index (κ3) is 4.48. The molecule has 1 aliphatic heterocycles. The summed E-state index contributed by atoms with van der Waals surface area (Å²) in [5.74, 6) is -0.371. The van der Waals surface area contributed by atoms with Crippen molar-refractivity contribution in [3.63, 3.8) is 0 Å². The number of benzene rings is 2. The van der Waals surface area contributed by atoms with Crippen LogP contribution in [0.3, 0.4) is 0 Å². The second-order valence-electron chi connectivity index (χ2n) is 6.01. The summed E-state index contributed by atoms with van der Waals surface area (Å²) in [5.41, 5.74) is 0.774. The lowest BCUT2D eigenvalue weighted by Crippen LogP contribution is -2.54. The third-order valence-corrected chi connectivity index (χ3v) is 4.59. The van der Waals surface area contributed by atoms with Gasteiger partial charge in [-0.2, -0.15) is 0 Å². The van der Waals surface area contributed by atoms with Gasteiger partial charge in [0.2, 0.25) is 0 Å². The van der Waals surface area contributed by atoms with Crippen LogP contribution >= 0.6 is 15.9 Å². The van der Waals surface area contributed by atoms with Crippen molar-refractivity contribution in [3.8, 4) is 11.5 Å². The van der Waals surface area contributed by atoms with Crippen molar-refractivity contribution in [2.75, 3.05) is 18.1 Å². The van der Waals surface area contributed by atoms with Gasteiger partial charge in [0.15, 0.2) is 11.5 Å². The molecule has 1 N–H and O–H groups in total. The standard InChI is InChI=1S/C21H19BrN2O5/c1-3-28-17-10-5-13(12-18(17)29-4-2)11-16-19(25)23-21(27)24(20(16)26)15-8-6-14(22)7-9-15/h5-12H,3-4H2,1-2H3,(H,23,25,27)/b16-11+. The summed E-state index contributed by atoms with van der Waals surface area (Å²) in [6, 6.07) is 10.9. The molecule has 1 aliphatic rings. The van der Waals surface area contributed by atoms with Gasteiger partial charge in [-0.3, -0.25) is 14.9 Å². The first kappa shape index (κ1) is 20.6. The van der Waals surface area contributed by atoms with Crippen LogP contribution in [0.25, 0.3) is 6.08 Å². The zero-order valence-corrected chi connectivity index (χ0v) is 17.5. The van der Waals surface area contributed by atoms with E-state index >= 15 is 0 Å². The molecule has 1 heterocycles. The van der Waals surface area contributed by atoms with Crippen LogP contribution in [-0.4, -0.2) is 31.1 Å². The van der Waals surface area contributed by atoms with E-state index in [1.54, 1.807) is 42.5 Å². The minimum Gasteiger partial charge on any atom is -0.490 e. The van der Waals surface area contributed by atoms with E-state index in [2.05, 4.69) is 21.2 Å². The van der Waals surface area contributed by atoms with Crippen molar-refractivity contribution in [2.45, 2.75) is 13.8 Å². The lowest BCUT2D eigenvalue weighted by Gasteiger charge is -2.26. The van der Waals surface area contributed by atoms with Gasteiger partial charge in [0.25, 0.3) is 11.8 Å². The van der Waals surface area contributed by atoms with Crippen LogP contribution in [-0.2, 0) is 9.59 Å². The molecule has 2 aromatic carbocycles. The Hall–Kier alpha value is -3.13. The van der Waals surface area contributed by atoms with E-state index in [1.807, 2.05) is 13.8 Å². The zero-order valence-electron chi connectivity index (χ0n) is 15.9. The summed E-state index contributed by atoms with van der Waals surface area (Å²) in [6.07, 6.45) is 1.42. The highest BCUT2D eigenvalue weighted by Crippen LogP contribution is 2.30. The van der Waals surface area contributed by atoms with Crippen molar-refractivity contribution in [2.24, 2.45) is 0 Å². The van der Waals surface area contributed by atoms with Crippen molar-refractivity contribution < 1.29 is 23.9 Å². The SMILES string of the molecule is CCOc1ccc(/C=C2\C(=O)NC(=O)N(c3ccc(Br)cc3)C2=O)cc1OCC. The van der Waals surface area contributed by atoms with Crippen molar-refractivity contribution in [3.05, 3.63) is 58.1 Å². The molecule has 1 saturated heterocycles. The molecule has 0 spiro atoms. The van der Waals surface area contributed by atoms with Crippen molar-refractivity contribution in [1.29, 1.82) is 0 Å². The number of hydrogen-bond donors (Lipinski definition) is 1. The van der Waals surface area contributed by atoms with Gasteiger partial charge in [0.05, 0.1) is 18.9 Å². The molecule has 2 aromatic rings. The molecule has 0 unspecified atom stereocenters. The summed E-state index contributed by atoms with van der Waals surface area (Å²) in [7, 11) is 0. The Labute approximate surface area is 176 Å². The number of hydrogen-bond acceptors (Lipinski definition) is 5. The first-order valence-electron chi connectivity index (χ1n) is 9.01. The maximum atomic E-state index is 12.9. The number of amides is 4. The Bertz CT molecular complexity index is 985. The van der Waals surface area contributed by atoms with Gasteiger partial charge in [-0.15, -0.1) is 0 Å². The molecule has 0 aromatic heterocycles. The van der Waals surface area contributed by atoms with E-state index in [0.717, 1.165) is 9.37 Å². The first-order valence-corrected chi connectivity index (χ1v) is 9.80. The van der Waals surface area contributed by atoms with Gasteiger partial charge in [-0.25, -0.2) is 9.69 Å². The number of carbonyl (C=O) groups excluding carboxylic acids is 3. The van der Waals surface area contributed by atoms with E-state index in [4.69, 9.17) is 9.47 Å². The first-order chi connectivity index (χ1) is 13.9. The Morgan fingerprint density at radius 2 is 1.62 bits per heavy atom. The number of ether oxygens (including phenoxy) is 2. The highest BCUT2D eigenvalue weighted by atomic mass is 79.9. The minimum atomic E-state index is -0.791. The number of urea groups is 1. The van der Waals surface area contributed by atoms with Gasteiger partial charge in [-0.1, -0.05) is 22.0 Å². The topological polar surface area (TPSA) is 84.9 Å². The smallest absolute Gasteiger partial charge is 0.335 e. The summed E-state index contributed by atoms with van der Waals surface area (Å²) in [6.45, 7) is 4.63. The molecule has 4 amide bonds. The average molecular weight is 459 g/mol. The number of nitrogens with zero attached hydrogens (tertiary/aromatic N) is 1. The number of halogens is 1. The molecule has 0 saturated carbocycles. The van der Waals surface area contributed by atoms with Gasteiger partial charge in [-0.05, 0) is 61.9 Å². The van der Waals surface area contributed by atoms with Crippen LogP contribution in [0.1, 0.15) is 19.4 Å². The van der Waals surface area contributed by atoms with E-state index in [9.17, 15) is 14.4 Å².